The SMILES string of the molecule is CNc1c(C)c(C)nc(C)c1C. The number of aromatic nitrogens is 1. The Morgan fingerprint density at radius 3 is 1.67 bits per heavy atom. The van der Waals surface area contributed by atoms with E-state index >= 15 is 0 Å². The van der Waals surface area contributed by atoms with Crippen molar-refractivity contribution in [3.63, 3.8) is 0 Å². The summed E-state index contributed by atoms with van der Waals surface area (Å²) in [7, 11) is 1.95. The summed E-state index contributed by atoms with van der Waals surface area (Å²) >= 11 is 0. The third kappa shape index (κ3) is 1.29. The fraction of sp³-hybridized carbons (Fsp3) is 0.500. The maximum atomic E-state index is 4.44. The molecule has 0 bridgehead atoms. The van der Waals surface area contributed by atoms with Crippen molar-refractivity contribution in [3.8, 4) is 0 Å². The second-order valence-corrected chi connectivity index (χ2v) is 3.16. The van der Waals surface area contributed by atoms with Crippen molar-refractivity contribution in [3.05, 3.63) is 22.5 Å². The fourth-order valence-corrected chi connectivity index (χ4v) is 1.44. The average molecular weight is 164 g/mol. The van der Waals surface area contributed by atoms with Gasteiger partial charge in [0.1, 0.15) is 0 Å². The molecule has 1 aromatic heterocycles. The Hall–Kier alpha value is -1.05. The Balaban J connectivity index is 3.42. The Bertz CT molecular complexity index is 277. The van der Waals surface area contributed by atoms with Crippen LogP contribution in [0.4, 0.5) is 5.69 Å². The molecular formula is C10H16N2. The van der Waals surface area contributed by atoms with Crippen molar-refractivity contribution in [1.29, 1.82) is 0 Å². The molecule has 0 fully saturated rings. The first-order valence-electron chi connectivity index (χ1n) is 4.20. The first-order valence-corrected chi connectivity index (χ1v) is 4.20. The topological polar surface area (TPSA) is 24.9 Å². The van der Waals surface area contributed by atoms with Crippen molar-refractivity contribution >= 4 is 5.69 Å². The quantitative estimate of drug-likeness (QED) is 0.689. The lowest BCUT2D eigenvalue weighted by Gasteiger charge is -2.13. The second-order valence-electron chi connectivity index (χ2n) is 3.16. The summed E-state index contributed by atoms with van der Waals surface area (Å²) in [5.41, 5.74) is 5.95. The van der Waals surface area contributed by atoms with Crippen LogP contribution in [0.2, 0.25) is 0 Å². The first kappa shape index (κ1) is 9.04. The van der Waals surface area contributed by atoms with Gasteiger partial charge in [-0.3, -0.25) is 4.98 Å². The molecule has 66 valence electrons. The van der Waals surface area contributed by atoms with Gasteiger partial charge in [-0.15, -0.1) is 0 Å². The summed E-state index contributed by atoms with van der Waals surface area (Å²) in [5.74, 6) is 0. The maximum absolute atomic E-state index is 4.44. The lowest BCUT2D eigenvalue weighted by atomic mass is 10.1. The summed E-state index contributed by atoms with van der Waals surface area (Å²) in [6.45, 7) is 8.28. The molecule has 0 radical (unpaired) electrons. The van der Waals surface area contributed by atoms with Crippen LogP contribution in [0.25, 0.3) is 0 Å². The summed E-state index contributed by atoms with van der Waals surface area (Å²) in [6.07, 6.45) is 0. The van der Waals surface area contributed by atoms with Crippen LogP contribution in [0.15, 0.2) is 0 Å². The number of aryl methyl sites for hydroxylation is 2. The Morgan fingerprint density at radius 2 is 1.33 bits per heavy atom. The Kier molecular flexibility index (Phi) is 2.36. The molecule has 0 aliphatic heterocycles. The molecule has 0 atom stereocenters. The van der Waals surface area contributed by atoms with Crippen LogP contribution in [0.1, 0.15) is 22.5 Å². The molecule has 2 nitrogen and oxygen atoms in total. The van der Waals surface area contributed by atoms with Gasteiger partial charge in [0.2, 0.25) is 0 Å². The van der Waals surface area contributed by atoms with E-state index in [9.17, 15) is 0 Å². The molecule has 12 heavy (non-hydrogen) atoms. The number of hydrogen-bond donors (Lipinski definition) is 1. The van der Waals surface area contributed by atoms with Gasteiger partial charge in [-0.25, -0.2) is 0 Å². The van der Waals surface area contributed by atoms with Crippen molar-refractivity contribution in [2.75, 3.05) is 12.4 Å². The highest BCUT2D eigenvalue weighted by Crippen LogP contribution is 2.23. The van der Waals surface area contributed by atoms with Crippen molar-refractivity contribution in [2.45, 2.75) is 27.7 Å². The van der Waals surface area contributed by atoms with Crippen LogP contribution >= 0.6 is 0 Å². The average Bonchev–Trinajstić information content (AvgIpc) is 2.02. The van der Waals surface area contributed by atoms with E-state index in [-0.39, 0.29) is 0 Å². The normalized spacial score (nSPS) is 10.1. The predicted molar refractivity (Wildman–Crippen MR) is 52.7 cm³/mol. The number of rotatable bonds is 1. The molecule has 0 aliphatic carbocycles. The number of hydrogen-bond acceptors (Lipinski definition) is 2. The third-order valence-corrected chi connectivity index (χ3v) is 2.42. The Labute approximate surface area is 74.0 Å². The van der Waals surface area contributed by atoms with Crippen molar-refractivity contribution in [1.82, 2.24) is 4.98 Å². The molecule has 0 saturated heterocycles. The minimum Gasteiger partial charge on any atom is -0.388 e. The van der Waals surface area contributed by atoms with E-state index in [2.05, 4.69) is 24.1 Å². The van der Waals surface area contributed by atoms with Gasteiger partial charge < -0.3 is 5.32 Å². The summed E-state index contributed by atoms with van der Waals surface area (Å²) in [5, 5.41) is 3.21. The molecule has 0 amide bonds. The van der Waals surface area contributed by atoms with Gasteiger partial charge >= 0.3 is 0 Å². The zero-order valence-corrected chi connectivity index (χ0v) is 8.45. The molecule has 0 saturated carbocycles. The van der Waals surface area contributed by atoms with E-state index in [1.165, 1.54) is 16.8 Å². The highest BCUT2D eigenvalue weighted by Gasteiger charge is 2.06. The molecule has 1 heterocycles. The number of anilines is 1. The predicted octanol–water partition coefficient (Wildman–Crippen LogP) is 2.36. The van der Waals surface area contributed by atoms with Gasteiger partial charge in [0.15, 0.2) is 0 Å². The van der Waals surface area contributed by atoms with E-state index in [4.69, 9.17) is 0 Å². The number of nitrogens with one attached hydrogen (secondary N) is 1. The molecule has 1 aromatic rings. The molecule has 0 unspecified atom stereocenters. The van der Waals surface area contributed by atoms with Crippen LogP contribution in [0.3, 0.4) is 0 Å². The smallest absolute Gasteiger partial charge is 0.0433 e. The van der Waals surface area contributed by atoms with E-state index in [0.29, 0.717) is 0 Å². The highest BCUT2D eigenvalue weighted by molar-refractivity contribution is 5.58. The van der Waals surface area contributed by atoms with Crippen LogP contribution in [0.5, 0.6) is 0 Å². The van der Waals surface area contributed by atoms with Crippen LogP contribution in [-0.2, 0) is 0 Å². The largest absolute Gasteiger partial charge is 0.388 e. The minimum atomic E-state index is 1.11. The minimum absolute atomic E-state index is 1.11. The van der Waals surface area contributed by atoms with Crippen LogP contribution in [-0.4, -0.2) is 12.0 Å². The number of pyridine rings is 1. The summed E-state index contributed by atoms with van der Waals surface area (Å²) in [4.78, 5) is 4.44. The lowest BCUT2D eigenvalue weighted by molar-refractivity contribution is 1.06. The molecule has 0 spiro atoms. The molecule has 0 aliphatic rings. The lowest BCUT2D eigenvalue weighted by Crippen LogP contribution is -2.02. The second kappa shape index (κ2) is 3.13. The molecule has 1 rings (SSSR count). The van der Waals surface area contributed by atoms with Crippen LogP contribution < -0.4 is 5.32 Å². The van der Waals surface area contributed by atoms with Crippen LogP contribution in [0, 0.1) is 27.7 Å². The van der Waals surface area contributed by atoms with Crippen molar-refractivity contribution in [2.24, 2.45) is 0 Å². The Morgan fingerprint density at radius 1 is 0.917 bits per heavy atom. The van der Waals surface area contributed by atoms with Crippen molar-refractivity contribution < 1.29 is 0 Å². The van der Waals surface area contributed by atoms with Gasteiger partial charge in [0.05, 0.1) is 0 Å². The summed E-state index contributed by atoms with van der Waals surface area (Å²) < 4.78 is 0. The molecule has 1 N–H and O–H groups in total. The molecular weight excluding hydrogens is 148 g/mol. The third-order valence-electron chi connectivity index (χ3n) is 2.42. The standard InChI is InChI=1S/C10H16N2/c1-6-8(3)12-9(4)7(2)10(6)11-5/h1-5H3,(H,11,12). The maximum Gasteiger partial charge on any atom is 0.0433 e. The number of nitrogens with zero attached hydrogens (tertiary/aromatic N) is 1. The highest BCUT2D eigenvalue weighted by atomic mass is 14.8. The van der Waals surface area contributed by atoms with E-state index < -0.39 is 0 Å². The zero-order valence-electron chi connectivity index (χ0n) is 8.45. The first-order chi connectivity index (χ1) is 5.57. The van der Waals surface area contributed by atoms with Gasteiger partial charge in [-0.05, 0) is 38.8 Å². The van der Waals surface area contributed by atoms with E-state index in [0.717, 1.165) is 11.4 Å². The van der Waals surface area contributed by atoms with Gasteiger partial charge in [0.25, 0.3) is 0 Å². The zero-order chi connectivity index (χ0) is 9.30. The van der Waals surface area contributed by atoms with E-state index in [1.54, 1.807) is 0 Å². The monoisotopic (exact) mass is 164 g/mol. The van der Waals surface area contributed by atoms with Gasteiger partial charge in [0, 0.05) is 24.1 Å². The molecule has 0 aromatic carbocycles. The summed E-state index contributed by atoms with van der Waals surface area (Å²) in [6, 6.07) is 0. The molecule has 2 heteroatoms. The fourth-order valence-electron chi connectivity index (χ4n) is 1.44. The van der Waals surface area contributed by atoms with Gasteiger partial charge in [-0.2, -0.15) is 0 Å². The van der Waals surface area contributed by atoms with Gasteiger partial charge in [-0.1, -0.05) is 0 Å². The van der Waals surface area contributed by atoms with E-state index in [1.807, 2.05) is 20.9 Å².